The van der Waals surface area contributed by atoms with Gasteiger partial charge in [0.25, 0.3) is 0 Å². The summed E-state index contributed by atoms with van der Waals surface area (Å²) >= 11 is 0. The molecule has 134 valence electrons. The zero-order valence-corrected chi connectivity index (χ0v) is 14.9. The Balaban J connectivity index is 1.74. The molecule has 1 fully saturated rings. The third-order valence-corrected chi connectivity index (χ3v) is 4.36. The average Bonchev–Trinajstić information content (AvgIpc) is 3.04. The highest BCUT2D eigenvalue weighted by atomic mass is 19.1. The van der Waals surface area contributed by atoms with Crippen molar-refractivity contribution >= 4 is 5.96 Å². The van der Waals surface area contributed by atoms with E-state index in [1.807, 2.05) is 6.92 Å². The second-order valence-corrected chi connectivity index (χ2v) is 6.12. The number of hydrogen-bond acceptors (Lipinski definition) is 3. The number of benzene rings is 1. The Bertz CT molecular complexity index is 538. The van der Waals surface area contributed by atoms with Crippen LogP contribution in [-0.4, -0.2) is 56.2 Å². The summed E-state index contributed by atoms with van der Waals surface area (Å²) in [5.41, 5.74) is 0. The number of aliphatic imine (C=N–C) groups is 1. The van der Waals surface area contributed by atoms with Crippen LogP contribution < -0.4 is 15.4 Å². The maximum absolute atomic E-state index is 13.6. The summed E-state index contributed by atoms with van der Waals surface area (Å²) in [6.45, 7) is 7.82. The van der Waals surface area contributed by atoms with Gasteiger partial charge in [0.15, 0.2) is 17.5 Å². The van der Waals surface area contributed by atoms with Gasteiger partial charge in [0, 0.05) is 19.6 Å². The van der Waals surface area contributed by atoms with Crippen molar-refractivity contribution in [3.05, 3.63) is 30.1 Å². The van der Waals surface area contributed by atoms with Gasteiger partial charge in [-0.05, 0) is 45.0 Å². The summed E-state index contributed by atoms with van der Waals surface area (Å²) in [5, 5.41) is 6.61. The van der Waals surface area contributed by atoms with Gasteiger partial charge in [-0.3, -0.25) is 9.89 Å². The molecule has 0 aliphatic carbocycles. The molecule has 1 aromatic rings. The minimum Gasteiger partial charge on any atom is -0.486 e. The summed E-state index contributed by atoms with van der Waals surface area (Å²) in [6, 6.07) is 7.02. The van der Waals surface area contributed by atoms with E-state index >= 15 is 0 Å². The Hall–Kier alpha value is -1.82. The SMILES string of the molecule is CCN1CCCC1CNC(=NC)NCC(C)Oc1ccccc1F. The van der Waals surface area contributed by atoms with E-state index in [9.17, 15) is 4.39 Å². The Morgan fingerprint density at radius 3 is 2.92 bits per heavy atom. The van der Waals surface area contributed by atoms with E-state index in [0.29, 0.717) is 12.6 Å². The number of likely N-dealkylation sites (N-methyl/N-ethyl adjacent to an activating group) is 1. The van der Waals surface area contributed by atoms with Crippen LogP contribution in [0.1, 0.15) is 26.7 Å². The number of halogens is 1. The number of nitrogens with one attached hydrogen (secondary N) is 2. The first-order chi connectivity index (χ1) is 11.6. The van der Waals surface area contributed by atoms with Crippen LogP contribution in [0.2, 0.25) is 0 Å². The second-order valence-electron chi connectivity index (χ2n) is 6.12. The van der Waals surface area contributed by atoms with Crippen molar-refractivity contribution in [1.82, 2.24) is 15.5 Å². The van der Waals surface area contributed by atoms with Crippen molar-refractivity contribution < 1.29 is 9.13 Å². The maximum Gasteiger partial charge on any atom is 0.191 e. The lowest BCUT2D eigenvalue weighted by Gasteiger charge is -2.24. The van der Waals surface area contributed by atoms with E-state index in [-0.39, 0.29) is 17.7 Å². The molecule has 1 heterocycles. The highest BCUT2D eigenvalue weighted by molar-refractivity contribution is 5.79. The largest absolute Gasteiger partial charge is 0.486 e. The molecule has 1 aliphatic rings. The smallest absolute Gasteiger partial charge is 0.191 e. The van der Waals surface area contributed by atoms with Crippen molar-refractivity contribution in [3.8, 4) is 5.75 Å². The maximum atomic E-state index is 13.6. The quantitative estimate of drug-likeness (QED) is 0.592. The standard InChI is InChI=1S/C18H29FN4O/c1-4-23-11-7-8-15(23)13-22-18(20-3)21-12-14(2)24-17-10-6-5-9-16(17)19/h5-6,9-10,14-15H,4,7-8,11-13H2,1-3H3,(H2,20,21,22). The number of guanidine groups is 1. The Kier molecular flexibility index (Phi) is 7.31. The van der Waals surface area contributed by atoms with Gasteiger partial charge in [0.1, 0.15) is 6.10 Å². The zero-order chi connectivity index (χ0) is 17.4. The molecule has 1 aromatic carbocycles. The van der Waals surface area contributed by atoms with Crippen LogP contribution in [0.3, 0.4) is 0 Å². The van der Waals surface area contributed by atoms with E-state index in [2.05, 4.69) is 27.4 Å². The summed E-state index contributed by atoms with van der Waals surface area (Å²) in [4.78, 5) is 6.73. The van der Waals surface area contributed by atoms with Crippen LogP contribution in [0.25, 0.3) is 0 Å². The van der Waals surface area contributed by atoms with Crippen LogP contribution in [0.4, 0.5) is 4.39 Å². The molecule has 1 saturated heterocycles. The van der Waals surface area contributed by atoms with Crippen molar-refractivity contribution in [1.29, 1.82) is 0 Å². The van der Waals surface area contributed by atoms with Crippen LogP contribution in [0.5, 0.6) is 5.75 Å². The Morgan fingerprint density at radius 2 is 2.21 bits per heavy atom. The van der Waals surface area contributed by atoms with Crippen molar-refractivity contribution in [2.45, 2.75) is 38.8 Å². The normalized spacial score (nSPS) is 20.0. The molecular formula is C18H29FN4O. The number of rotatable bonds is 7. The predicted molar refractivity (Wildman–Crippen MR) is 96.1 cm³/mol. The number of para-hydroxylation sites is 1. The molecule has 0 saturated carbocycles. The van der Waals surface area contributed by atoms with Crippen molar-refractivity contribution in [3.63, 3.8) is 0 Å². The van der Waals surface area contributed by atoms with Gasteiger partial charge in [0.2, 0.25) is 0 Å². The monoisotopic (exact) mass is 336 g/mol. The first kappa shape index (κ1) is 18.5. The van der Waals surface area contributed by atoms with Crippen LogP contribution in [0, 0.1) is 5.82 Å². The van der Waals surface area contributed by atoms with Crippen molar-refractivity contribution in [2.24, 2.45) is 4.99 Å². The minimum atomic E-state index is -0.340. The third kappa shape index (κ3) is 5.37. The molecule has 0 aromatic heterocycles. The number of nitrogens with zero attached hydrogens (tertiary/aromatic N) is 2. The van der Waals surface area contributed by atoms with Gasteiger partial charge in [-0.2, -0.15) is 0 Å². The lowest BCUT2D eigenvalue weighted by atomic mass is 10.2. The van der Waals surface area contributed by atoms with Gasteiger partial charge < -0.3 is 15.4 Å². The minimum absolute atomic E-state index is 0.168. The fraction of sp³-hybridized carbons (Fsp3) is 0.611. The summed E-state index contributed by atoms with van der Waals surface area (Å²) in [6.07, 6.45) is 2.32. The fourth-order valence-electron chi connectivity index (χ4n) is 3.02. The molecular weight excluding hydrogens is 307 g/mol. The highest BCUT2D eigenvalue weighted by Gasteiger charge is 2.22. The van der Waals surface area contributed by atoms with Gasteiger partial charge >= 0.3 is 0 Å². The number of hydrogen-bond donors (Lipinski definition) is 2. The summed E-state index contributed by atoms with van der Waals surface area (Å²) in [7, 11) is 1.75. The van der Waals surface area contributed by atoms with Gasteiger partial charge in [0.05, 0.1) is 6.54 Å². The Morgan fingerprint density at radius 1 is 1.42 bits per heavy atom. The zero-order valence-electron chi connectivity index (χ0n) is 14.9. The topological polar surface area (TPSA) is 48.9 Å². The molecule has 0 amide bonds. The number of likely N-dealkylation sites (tertiary alicyclic amines) is 1. The molecule has 2 atom stereocenters. The Labute approximate surface area is 144 Å². The molecule has 0 radical (unpaired) electrons. The molecule has 0 spiro atoms. The average molecular weight is 336 g/mol. The van der Waals surface area contributed by atoms with E-state index < -0.39 is 0 Å². The van der Waals surface area contributed by atoms with Crippen LogP contribution in [-0.2, 0) is 0 Å². The van der Waals surface area contributed by atoms with E-state index in [0.717, 1.165) is 19.0 Å². The molecule has 24 heavy (non-hydrogen) atoms. The first-order valence-electron chi connectivity index (χ1n) is 8.73. The van der Waals surface area contributed by atoms with Crippen LogP contribution >= 0.6 is 0 Å². The molecule has 2 unspecified atom stereocenters. The summed E-state index contributed by atoms with van der Waals surface area (Å²) in [5.74, 6) is 0.689. The third-order valence-electron chi connectivity index (χ3n) is 4.36. The molecule has 1 aliphatic heterocycles. The van der Waals surface area contributed by atoms with Crippen molar-refractivity contribution in [2.75, 3.05) is 33.2 Å². The molecule has 5 nitrogen and oxygen atoms in total. The van der Waals surface area contributed by atoms with E-state index in [4.69, 9.17) is 4.74 Å². The molecule has 2 rings (SSSR count). The first-order valence-corrected chi connectivity index (χ1v) is 8.73. The highest BCUT2D eigenvalue weighted by Crippen LogP contribution is 2.17. The van der Waals surface area contributed by atoms with E-state index in [1.165, 1.54) is 25.5 Å². The predicted octanol–water partition coefficient (Wildman–Crippen LogP) is 2.24. The molecule has 6 heteroatoms. The van der Waals surface area contributed by atoms with E-state index in [1.54, 1.807) is 25.2 Å². The van der Waals surface area contributed by atoms with Crippen LogP contribution in [0.15, 0.2) is 29.3 Å². The fourth-order valence-corrected chi connectivity index (χ4v) is 3.02. The lowest BCUT2D eigenvalue weighted by molar-refractivity contribution is 0.213. The van der Waals surface area contributed by atoms with Gasteiger partial charge in [-0.1, -0.05) is 19.1 Å². The molecule has 0 bridgehead atoms. The van der Waals surface area contributed by atoms with Gasteiger partial charge in [-0.25, -0.2) is 4.39 Å². The number of ether oxygens (including phenoxy) is 1. The second kappa shape index (κ2) is 9.47. The summed E-state index contributed by atoms with van der Waals surface area (Å²) < 4.78 is 19.2. The van der Waals surface area contributed by atoms with Gasteiger partial charge in [-0.15, -0.1) is 0 Å². The lowest BCUT2D eigenvalue weighted by Crippen LogP contribution is -2.46. The molecule has 2 N–H and O–H groups in total.